The highest BCUT2D eigenvalue weighted by Gasteiger charge is 2.23. The fourth-order valence-corrected chi connectivity index (χ4v) is 1.34. The number of rotatable bonds is 7. The summed E-state index contributed by atoms with van der Waals surface area (Å²) in [5.74, 6) is -1.52. The highest BCUT2D eigenvalue weighted by atomic mass is 16.7. The second kappa shape index (κ2) is 8.64. The Hall–Kier alpha value is -2.59. The molecule has 0 aromatic heterocycles. The van der Waals surface area contributed by atoms with Crippen LogP contribution in [0.25, 0.3) is 0 Å². The van der Waals surface area contributed by atoms with Crippen molar-refractivity contribution < 1.29 is 29.7 Å². The van der Waals surface area contributed by atoms with E-state index in [9.17, 15) is 14.5 Å². The minimum absolute atomic E-state index is 0.0889. The second-order valence-corrected chi connectivity index (χ2v) is 5.33. The fourth-order valence-electron chi connectivity index (χ4n) is 1.34. The maximum absolute atomic E-state index is 11.5. The molecule has 11 heteroatoms. The number of aliphatic carboxylic acids is 1. The van der Waals surface area contributed by atoms with Crippen LogP contribution in [-0.2, 0) is 9.53 Å². The first kappa shape index (κ1) is 19.4. The molecule has 6 N–H and O–H groups in total. The topological polar surface area (TPSA) is 166 Å². The van der Waals surface area contributed by atoms with E-state index in [-0.39, 0.29) is 25.3 Å². The number of aliphatic imine (C=N–C) groups is 1. The van der Waals surface area contributed by atoms with Gasteiger partial charge in [0.15, 0.2) is 0 Å². The Morgan fingerprint density at radius 3 is 2.45 bits per heavy atom. The summed E-state index contributed by atoms with van der Waals surface area (Å²) < 4.78 is 4.97. The van der Waals surface area contributed by atoms with E-state index in [0.29, 0.717) is 0 Å². The van der Waals surface area contributed by atoms with E-state index in [0.717, 1.165) is 0 Å². The molecule has 0 aromatic rings. The SMILES string of the molecule is CC(C)(C)OC(=O)N[C@@H](CCCN=C(N)N[N+](=O)O)C(=O)O. The Morgan fingerprint density at radius 2 is 2.00 bits per heavy atom. The molecule has 0 aliphatic heterocycles. The van der Waals surface area contributed by atoms with Crippen LogP contribution >= 0.6 is 0 Å². The van der Waals surface area contributed by atoms with E-state index < -0.39 is 28.7 Å². The Bertz CT molecular complexity index is 445. The number of ether oxygens (including phenoxy) is 1. The van der Waals surface area contributed by atoms with Gasteiger partial charge >= 0.3 is 17.1 Å². The smallest absolute Gasteiger partial charge is 0.408 e. The van der Waals surface area contributed by atoms with Gasteiger partial charge in [0.05, 0.1) is 0 Å². The molecule has 0 radical (unpaired) electrons. The molecule has 0 unspecified atom stereocenters. The Balaban J connectivity index is 4.29. The van der Waals surface area contributed by atoms with E-state index in [2.05, 4.69) is 10.3 Å². The lowest BCUT2D eigenvalue weighted by molar-refractivity contribution is -0.822. The van der Waals surface area contributed by atoms with Crippen molar-refractivity contribution in [1.29, 1.82) is 0 Å². The van der Waals surface area contributed by atoms with Crippen molar-refractivity contribution in [3.8, 4) is 0 Å². The van der Waals surface area contributed by atoms with Gasteiger partial charge in [0.2, 0.25) is 0 Å². The largest absolute Gasteiger partial charge is 0.480 e. The van der Waals surface area contributed by atoms with E-state index >= 15 is 0 Å². The quantitative estimate of drug-likeness (QED) is 0.185. The molecule has 126 valence electrons. The van der Waals surface area contributed by atoms with Gasteiger partial charge in [-0.05, 0) is 39.0 Å². The third-order valence-electron chi connectivity index (χ3n) is 2.13. The number of hydrogen-bond donors (Lipinski definition) is 5. The van der Waals surface area contributed by atoms with Crippen molar-refractivity contribution in [1.82, 2.24) is 10.7 Å². The summed E-state index contributed by atoms with van der Waals surface area (Å²) >= 11 is 0. The number of nitrogens with one attached hydrogen (secondary N) is 2. The van der Waals surface area contributed by atoms with Gasteiger partial charge in [-0.15, -0.1) is 0 Å². The van der Waals surface area contributed by atoms with Crippen molar-refractivity contribution >= 4 is 18.0 Å². The fraction of sp³-hybridized carbons (Fsp3) is 0.727. The van der Waals surface area contributed by atoms with Crippen molar-refractivity contribution in [3.05, 3.63) is 4.91 Å². The number of carbonyl (C=O) groups is 2. The van der Waals surface area contributed by atoms with Crippen LogP contribution in [0, 0.1) is 4.91 Å². The summed E-state index contributed by atoms with van der Waals surface area (Å²) in [6.07, 6.45) is -0.461. The van der Waals surface area contributed by atoms with Crippen LogP contribution in [0.4, 0.5) is 4.79 Å². The number of guanidine groups is 1. The number of carboxylic acids is 1. The van der Waals surface area contributed by atoms with Crippen molar-refractivity contribution in [2.45, 2.75) is 45.3 Å². The molecule has 1 atom stereocenters. The normalized spacial score (nSPS) is 13.1. The number of carbonyl (C=O) groups excluding carboxylic acids is 1. The molecule has 0 saturated carbocycles. The Morgan fingerprint density at radius 1 is 1.41 bits per heavy atom. The van der Waals surface area contributed by atoms with E-state index in [1.807, 2.05) is 0 Å². The predicted octanol–water partition coefficient (Wildman–Crippen LogP) is -0.268. The van der Waals surface area contributed by atoms with E-state index in [4.69, 9.17) is 20.8 Å². The highest BCUT2D eigenvalue weighted by molar-refractivity contribution is 5.80. The molecule has 0 spiro atoms. The molecule has 0 bridgehead atoms. The molecule has 1 amide bonds. The number of hydrazine groups is 1. The van der Waals surface area contributed by atoms with Gasteiger partial charge in [0.1, 0.15) is 16.5 Å². The molecule has 0 aromatic carbocycles. The molecule has 22 heavy (non-hydrogen) atoms. The zero-order valence-corrected chi connectivity index (χ0v) is 12.7. The van der Waals surface area contributed by atoms with Gasteiger partial charge in [-0.3, -0.25) is 0 Å². The summed E-state index contributed by atoms with van der Waals surface area (Å²) in [7, 11) is 0. The lowest BCUT2D eigenvalue weighted by atomic mass is 10.1. The van der Waals surface area contributed by atoms with Crippen molar-refractivity contribution in [2.24, 2.45) is 10.7 Å². The molecule has 0 aliphatic rings. The number of carboxylic acid groups (broad SMARTS) is 1. The Labute approximate surface area is 127 Å². The van der Waals surface area contributed by atoms with Crippen LogP contribution in [0.2, 0.25) is 0 Å². The zero-order chi connectivity index (χ0) is 17.3. The minimum atomic E-state index is -1.21. The third kappa shape index (κ3) is 10.2. The molecule has 0 saturated heterocycles. The van der Waals surface area contributed by atoms with Gasteiger partial charge < -0.3 is 20.9 Å². The van der Waals surface area contributed by atoms with Crippen LogP contribution < -0.4 is 16.5 Å². The van der Waals surface area contributed by atoms with E-state index in [1.54, 1.807) is 26.2 Å². The zero-order valence-electron chi connectivity index (χ0n) is 12.7. The van der Waals surface area contributed by atoms with Crippen LogP contribution in [-0.4, -0.2) is 51.6 Å². The third-order valence-corrected chi connectivity index (χ3v) is 2.13. The van der Waals surface area contributed by atoms with Crippen molar-refractivity contribution in [3.63, 3.8) is 0 Å². The first-order chi connectivity index (χ1) is 10.0. The van der Waals surface area contributed by atoms with Gasteiger partial charge in [0.25, 0.3) is 5.96 Å². The van der Waals surface area contributed by atoms with Crippen LogP contribution in [0.1, 0.15) is 33.6 Å². The summed E-state index contributed by atoms with van der Waals surface area (Å²) in [6, 6.07) is -1.13. The number of nitrogens with two attached hydrogens (primary N) is 1. The predicted molar refractivity (Wildman–Crippen MR) is 75.1 cm³/mol. The molecule has 0 fully saturated rings. The van der Waals surface area contributed by atoms with Crippen molar-refractivity contribution in [2.75, 3.05) is 6.54 Å². The van der Waals surface area contributed by atoms with Crippen LogP contribution in [0.15, 0.2) is 4.99 Å². The average molecular weight is 320 g/mol. The number of amides is 1. The summed E-state index contributed by atoms with van der Waals surface area (Å²) in [5, 5.41) is 19.0. The van der Waals surface area contributed by atoms with Gasteiger partial charge in [0, 0.05) is 6.54 Å². The molecule has 0 rings (SSSR count). The Kier molecular flexibility index (Phi) is 7.63. The molecule has 11 nitrogen and oxygen atoms in total. The maximum Gasteiger partial charge on any atom is 0.408 e. The summed E-state index contributed by atoms with van der Waals surface area (Å²) in [4.78, 5) is 36.4. The van der Waals surface area contributed by atoms with Gasteiger partial charge in [-0.2, -0.15) is 0 Å². The molecular weight excluding hydrogens is 298 g/mol. The summed E-state index contributed by atoms with van der Waals surface area (Å²) in [6.45, 7) is 5.08. The molecule has 0 aliphatic carbocycles. The van der Waals surface area contributed by atoms with E-state index in [1.165, 1.54) is 0 Å². The number of hydrogen-bond acceptors (Lipinski definition) is 5. The lowest BCUT2D eigenvalue weighted by Crippen LogP contribution is -2.43. The second-order valence-electron chi connectivity index (χ2n) is 5.33. The first-order valence-corrected chi connectivity index (χ1v) is 6.46. The monoisotopic (exact) mass is 320 g/mol. The average Bonchev–Trinajstić information content (AvgIpc) is 2.29. The van der Waals surface area contributed by atoms with Crippen LogP contribution in [0.3, 0.4) is 0 Å². The molecule has 0 heterocycles. The summed E-state index contributed by atoms with van der Waals surface area (Å²) in [5.41, 5.74) is 6.27. The minimum Gasteiger partial charge on any atom is -0.480 e. The number of nitrogens with zero attached hydrogens (tertiary/aromatic N) is 2. The highest BCUT2D eigenvalue weighted by Crippen LogP contribution is 2.07. The molecular formula is C11H22N5O6+. The lowest BCUT2D eigenvalue weighted by Gasteiger charge is -2.21. The maximum atomic E-state index is 11.5. The first-order valence-electron chi connectivity index (χ1n) is 6.46. The van der Waals surface area contributed by atoms with Gasteiger partial charge in [-0.1, -0.05) is 0 Å². The number of alkyl carbamates (subject to hydrolysis) is 1. The van der Waals surface area contributed by atoms with Crippen LogP contribution in [0.5, 0.6) is 0 Å². The standard InChI is InChI=1S/C11H21N5O6/c1-11(2,3)22-10(19)14-7(8(17)18)5-4-6-13-9(12)15-16(20)21/h7H,4-6H2,1-3H3,(H5-,12,13,14,15,17,18,19,20,21)/p+1/t7-/m0/s1. The van der Waals surface area contributed by atoms with Gasteiger partial charge in [-0.25, -0.2) is 19.8 Å².